The van der Waals surface area contributed by atoms with Gasteiger partial charge in [0.1, 0.15) is 11.5 Å². The Morgan fingerprint density at radius 3 is 2.85 bits per heavy atom. The second-order valence-electron chi connectivity index (χ2n) is 3.97. The summed E-state index contributed by atoms with van der Waals surface area (Å²) < 4.78 is 15.6. The van der Waals surface area contributed by atoms with Crippen LogP contribution >= 0.6 is 0 Å². The normalized spacial score (nSPS) is 10.2. The third kappa shape index (κ3) is 5.46. The predicted molar refractivity (Wildman–Crippen MR) is 73.9 cm³/mol. The Kier molecular flexibility index (Phi) is 7.46. The zero-order valence-electron chi connectivity index (χ0n) is 11.8. The molecule has 0 unspecified atom stereocenters. The van der Waals surface area contributed by atoms with E-state index in [9.17, 15) is 4.79 Å². The van der Waals surface area contributed by atoms with E-state index >= 15 is 0 Å². The molecule has 0 radical (unpaired) electrons. The minimum Gasteiger partial charge on any atom is -0.496 e. The molecule has 0 aliphatic heterocycles. The van der Waals surface area contributed by atoms with Crippen LogP contribution in [0.3, 0.4) is 0 Å². The average Bonchev–Trinajstić information content (AvgIpc) is 2.49. The Hall–Kier alpha value is -1.79. The Bertz CT molecular complexity index is 422. The fraction of sp³-hybridized carbons (Fsp3) is 0.500. The summed E-state index contributed by atoms with van der Waals surface area (Å²) in [6.07, 6.45) is 0. The highest BCUT2D eigenvalue weighted by atomic mass is 16.5. The summed E-state index contributed by atoms with van der Waals surface area (Å²) in [5.41, 5.74) is 0.668. The molecule has 0 spiro atoms. The first kappa shape index (κ1) is 16.3. The van der Waals surface area contributed by atoms with E-state index in [4.69, 9.17) is 19.3 Å². The van der Waals surface area contributed by atoms with Gasteiger partial charge in [0.05, 0.1) is 20.3 Å². The molecule has 0 aliphatic rings. The van der Waals surface area contributed by atoms with Crippen molar-refractivity contribution in [3.05, 3.63) is 23.8 Å². The van der Waals surface area contributed by atoms with Gasteiger partial charge in [-0.25, -0.2) is 0 Å². The van der Waals surface area contributed by atoms with E-state index in [2.05, 4.69) is 5.32 Å². The van der Waals surface area contributed by atoms with Crippen molar-refractivity contribution in [1.29, 1.82) is 0 Å². The number of nitrogens with one attached hydrogen (secondary N) is 1. The third-order valence-electron chi connectivity index (χ3n) is 2.57. The molecule has 1 aromatic carbocycles. The number of rotatable bonds is 9. The molecule has 1 rings (SSSR count). The number of ether oxygens (including phenoxy) is 3. The summed E-state index contributed by atoms with van der Waals surface area (Å²) in [5, 5.41) is 11.8. The molecule has 0 aromatic heterocycles. The number of carbonyl (C=O) groups is 1. The molecule has 0 saturated heterocycles. The van der Waals surface area contributed by atoms with Gasteiger partial charge in [0, 0.05) is 24.8 Å². The SMILES string of the molecule is CCOCCNC(=O)COc1ccc(CO)c(OC)c1. The Morgan fingerprint density at radius 1 is 1.40 bits per heavy atom. The van der Waals surface area contributed by atoms with Crippen LogP contribution in [0.2, 0.25) is 0 Å². The van der Waals surface area contributed by atoms with Gasteiger partial charge in [-0.2, -0.15) is 0 Å². The molecule has 0 bridgehead atoms. The average molecular weight is 283 g/mol. The van der Waals surface area contributed by atoms with Crippen LogP contribution in [0.25, 0.3) is 0 Å². The minimum atomic E-state index is -0.213. The fourth-order valence-electron chi connectivity index (χ4n) is 1.55. The molecule has 1 amide bonds. The second kappa shape index (κ2) is 9.17. The molecule has 0 saturated carbocycles. The fourth-order valence-corrected chi connectivity index (χ4v) is 1.55. The molecule has 2 N–H and O–H groups in total. The minimum absolute atomic E-state index is 0.0756. The lowest BCUT2D eigenvalue weighted by Gasteiger charge is -2.10. The molecular weight excluding hydrogens is 262 g/mol. The van der Waals surface area contributed by atoms with Gasteiger partial charge in [-0.05, 0) is 19.1 Å². The molecular formula is C14H21NO5. The number of aliphatic hydroxyl groups is 1. The van der Waals surface area contributed by atoms with E-state index in [1.165, 1.54) is 7.11 Å². The highest BCUT2D eigenvalue weighted by Crippen LogP contribution is 2.24. The molecule has 0 heterocycles. The van der Waals surface area contributed by atoms with Gasteiger partial charge >= 0.3 is 0 Å². The quantitative estimate of drug-likeness (QED) is 0.653. The van der Waals surface area contributed by atoms with Gasteiger partial charge in [0.25, 0.3) is 5.91 Å². The highest BCUT2D eigenvalue weighted by Gasteiger charge is 2.06. The molecule has 6 heteroatoms. The third-order valence-corrected chi connectivity index (χ3v) is 2.57. The van der Waals surface area contributed by atoms with Gasteiger partial charge < -0.3 is 24.6 Å². The largest absolute Gasteiger partial charge is 0.496 e. The molecule has 112 valence electrons. The monoisotopic (exact) mass is 283 g/mol. The summed E-state index contributed by atoms with van der Waals surface area (Å²) in [7, 11) is 1.51. The maximum absolute atomic E-state index is 11.5. The Morgan fingerprint density at radius 2 is 2.20 bits per heavy atom. The van der Waals surface area contributed by atoms with Gasteiger partial charge in [-0.1, -0.05) is 0 Å². The maximum atomic E-state index is 11.5. The molecule has 1 aromatic rings. The molecule has 20 heavy (non-hydrogen) atoms. The van der Waals surface area contributed by atoms with Crippen LogP contribution in [-0.4, -0.2) is 44.5 Å². The molecule has 0 aliphatic carbocycles. The zero-order valence-corrected chi connectivity index (χ0v) is 11.8. The van der Waals surface area contributed by atoms with Crippen molar-refractivity contribution in [2.24, 2.45) is 0 Å². The van der Waals surface area contributed by atoms with Crippen LogP contribution in [0.15, 0.2) is 18.2 Å². The number of benzene rings is 1. The van der Waals surface area contributed by atoms with Gasteiger partial charge in [-0.15, -0.1) is 0 Å². The summed E-state index contributed by atoms with van der Waals surface area (Å²) in [4.78, 5) is 11.5. The lowest BCUT2D eigenvalue weighted by molar-refractivity contribution is -0.123. The molecule has 0 atom stereocenters. The highest BCUT2D eigenvalue weighted by molar-refractivity contribution is 5.77. The number of aliphatic hydroxyl groups excluding tert-OH is 1. The van der Waals surface area contributed by atoms with Crippen molar-refractivity contribution in [3.8, 4) is 11.5 Å². The lowest BCUT2D eigenvalue weighted by atomic mass is 10.2. The molecule has 6 nitrogen and oxygen atoms in total. The first-order valence-corrected chi connectivity index (χ1v) is 6.46. The van der Waals surface area contributed by atoms with Crippen molar-refractivity contribution < 1.29 is 24.1 Å². The Labute approximate surface area is 118 Å². The van der Waals surface area contributed by atoms with E-state index in [0.29, 0.717) is 36.8 Å². The van der Waals surface area contributed by atoms with Crippen molar-refractivity contribution in [2.75, 3.05) is 33.5 Å². The summed E-state index contributed by atoms with van der Waals surface area (Å²) >= 11 is 0. The van der Waals surface area contributed by atoms with Gasteiger partial charge in [0.2, 0.25) is 0 Å². The van der Waals surface area contributed by atoms with Gasteiger partial charge in [-0.3, -0.25) is 4.79 Å². The first-order chi connectivity index (χ1) is 9.71. The van der Waals surface area contributed by atoms with Crippen LogP contribution in [0.1, 0.15) is 12.5 Å². The first-order valence-electron chi connectivity index (χ1n) is 6.46. The Balaban J connectivity index is 2.39. The van der Waals surface area contributed by atoms with E-state index in [-0.39, 0.29) is 19.1 Å². The van der Waals surface area contributed by atoms with Crippen LogP contribution in [0, 0.1) is 0 Å². The van der Waals surface area contributed by atoms with E-state index in [1.54, 1.807) is 18.2 Å². The van der Waals surface area contributed by atoms with Crippen LogP contribution in [0.5, 0.6) is 11.5 Å². The number of hydrogen-bond donors (Lipinski definition) is 2. The lowest BCUT2D eigenvalue weighted by Crippen LogP contribution is -2.31. The number of methoxy groups -OCH3 is 1. The topological polar surface area (TPSA) is 77.0 Å². The number of hydrogen-bond acceptors (Lipinski definition) is 5. The maximum Gasteiger partial charge on any atom is 0.258 e. The van der Waals surface area contributed by atoms with Crippen LogP contribution in [-0.2, 0) is 16.1 Å². The predicted octanol–water partition coefficient (Wildman–Crippen LogP) is 0.719. The standard InChI is InChI=1S/C14H21NO5/c1-3-19-7-6-15-14(17)10-20-12-5-4-11(9-16)13(8-12)18-2/h4-5,8,16H,3,6-7,9-10H2,1-2H3,(H,15,17). The van der Waals surface area contributed by atoms with Crippen molar-refractivity contribution >= 4 is 5.91 Å². The van der Waals surface area contributed by atoms with Crippen molar-refractivity contribution in [2.45, 2.75) is 13.5 Å². The molecule has 0 fully saturated rings. The van der Waals surface area contributed by atoms with Crippen molar-refractivity contribution in [3.63, 3.8) is 0 Å². The second-order valence-corrected chi connectivity index (χ2v) is 3.97. The van der Waals surface area contributed by atoms with Crippen molar-refractivity contribution in [1.82, 2.24) is 5.32 Å². The number of carbonyl (C=O) groups excluding carboxylic acids is 1. The van der Waals surface area contributed by atoms with Gasteiger partial charge in [0.15, 0.2) is 6.61 Å². The van der Waals surface area contributed by atoms with Crippen LogP contribution in [0.4, 0.5) is 0 Å². The van der Waals surface area contributed by atoms with E-state index in [0.717, 1.165) is 0 Å². The zero-order chi connectivity index (χ0) is 14.8. The smallest absolute Gasteiger partial charge is 0.258 e. The van der Waals surface area contributed by atoms with E-state index in [1.807, 2.05) is 6.92 Å². The summed E-state index contributed by atoms with van der Waals surface area (Å²) in [6, 6.07) is 5.02. The summed E-state index contributed by atoms with van der Waals surface area (Å²) in [6.45, 7) is 3.29. The van der Waals surface area contributed by atoms with E-state index < -0.39 is 0 Å². The van der Waals surface area contributed by atoms with Crippen LogP contribution < -0.4 is 14.8 Å². The number of amides is 1. The summed E-state index contributed by atoms with van der Waals surface area (Å²) in [5.74, 6) is 0.829.